The minimum atomic E-state index is 0.508. The van der Waals surface area contributed by atoms with E-state index in [9.17, 15) is 0 Å². The number of halogens is 2. The van der Waals surface area contributed by atoms with Gasteiger partial charge in [-0.25, -0.2) is 0 Å². The van der Waals surface area contributed by atoms with Gasteiger partial charge in [0.25, 0.3) is 0 Å². The molecule has 1 aromatic carbocycles. The van der Waals surface area contributed by atoms with Gasteiger partial charge in [0, 0.05) is 10.9 Å². The monoisotopic (exact) mass is 245 g/mol. The van der Waals surface area contributed by atoms with E-state index < -0.39 is 0 Å². The molecule has 80 valence electrons. The number of fused-ring (bicyclic) bond motifs is 1. The van der Waals surface area contributed by atoms with Crippen LogP contribution in [0.1, 0.15) is 6.42 Å². The molecule has 0 aliphatic heterocycles. The second kappa shape index (κ2) is 4.68. The maximum Gasteiger partial charge on any atom is 0.132 e. The molecule has 0 amide bonds. The van der Waals surface area contributed by atoms with Crippen molar-refractivity contribution in [2.45, 2.75) is 6.42 Å². The van der Waals surface area contributed by atoms with Crippen molar-refractivity contribution in [3.05, 3.63) is 23.2 Å². The molecule has 0 saturated carbocycles. The lowest BCUT2D eigenvalue weighted by Crippen LogP contribution is -2.14. The summed E-state index contributed by atoms with van der Waals surface area (Å²) in [6.45, 7) is 0.508. The Morgan fingerprint density at radius 1 is 1.40 bits per heavy atom. The largest absolute Gasteiger partial charge is 0.395 e. The Balaban J connectivity index is 2.23. The van der Waals surface area contributed by atoms with Crippen LogP contribution >= 0.6 is 23.2 Å². The Labute approximate surface area is 96.7 Å². The second-order valence-electron chi connectivity index (χ2n) is 2.97. The Hall–Kier alpha value is -1.00. The van der Waals surface area contributed by atoms with E-state index in [2.05, 4.69) is 10.3 Å². The summed E-state index contributed by atoms with van der Waals surface area (Å²) < 4.78 is 0. The molecule has 0 unspecified atom stereocenters. The first-order valence-electron chi connectivity index (χ1n) is 4.51. The average Bonchev–Trinajstić information content (AvgIpc) is 2.62. The third-order valence-corrected chi connectivity index (χ3v) is 2.37. The third kappa shape index (κ3) is 2.33. The molecular weight excluding hydrogens is 237 g/mol. The molecule has 15 heavy (non-hydrogen) atoms. The van der Waals surface area contributed by atoms with Gasteiger partial charge in [-0.1, -0.05) is 16.4 Å². The summed E-state index contributed by atoms with van der Waals surface area (Å²) in [7, 11) is 0. The van der Waals surface area contributed by atoms with Gasteiger partial charge < -0.3 is 4.84 Å². The van der Waals surface area contributed by atoms with Crippen LogP contribution in [0.15, 0.2) is 18.2 Å². The number of benzene rings is 1. The van der Waals surface area contributed by atoms with E-state index in [4.69, 9.17) is 28.0 Å². The predicted octanol–water partition coefficient (Wildman–Crippen LogP) is 2.14. The topological polar surface area (TPSA) is 39.9 Å². The molecule has 0 spiro atoms. The number of nitrogens with zero attached hydrogens (tertiary/aromatic N) is 3. The quantitative estimate of drug-likeness (QED) is 0.612. The normalized spacial score (nSPS) is 10.8. The van der Waals surface area contributed by atoms with Gasteiger partial charge in [0.1, 0.15) is 17.6 Å². The zero-order valence-electron chi connectivity index (χ0n) is 7.86. The van der Waals surface area contributed by atoms with E-state index in [1.165, 1.54) is 4.85 Å². The van der Waals surface area contributed by atoms with Gasteiger partial charge in [0.15, 0.2) is 0 Å². The fourth-order valence-corrected chi connectivity index (χ4v) is 1.45. The minimum Gasteiger partial charge on any atom is -0.395 e. The molecule has 0 atom stereocenters. The maximum atomic E-state index is 5.86. The van der Waals surface area contributed by atoms with Gasteiger partial charge >= 0.3 is 0 Å². The molecule has 2 aromatic rings. The van der Waals surface area contributed by atoms with Gasteiger partial charge in [-0.2, -0.15) is 0 Å². The lowest BCUT2D eigenvalue weighted by Gasteiger charge is -2.03. The van der Waals surface area contributed by atoms with E-state index in [0.29, 0.717) is 17.5 Å². The maximum absolute atomic E-state index is 5.86. The van der Waals surface area contributed by atoms with Crippen LogP contribution in [0.5, 0.6) is 0 Å². The van der Waals surface area contributed by atoms with E-state index in [1.807, 2.05) is 0 Å². The third-order valence-electron chi connectivity index (χ3n) is 1.87. The number of hydrogen-bond donors (Lipinski definition) is 0. The van der Waals surface area contributed by atoms with Crippen molar-refractivity contribution >= 4 is 34.2 Å². The van der Waals surface area contributed by atoms with Crippen molar-refractivity contribution in [1.82, 2.24) is 15.2 Å². The zero-order chi connectivity index (χ0) is 10.7. The standard InChI is InChI=1S/C9H9Cl2N3O/c10-4-1-5-15-14-9-6-7(11)2-3-8(9)12-13-14/h2-3,6H,1,4-5H2. The summed E-state index contributed by atoms with van der Waals surface area (Å²) in [6.07, 6.45) is 0.767. The average molecular weight is 246 g/mol. The minimum absolute atomic E-state index is 0.508. The fourth-order valence-electron chi connectivity index (χ4n) is 1.17. The second-order valence-corrected chi connectivity index (χ2v) is 3.79. The van der Waals surface area contributed by atoms with Crippen LogP contribution in [0.2, 0.25) is 5.02 Å². The lowest BCUT2D eigenvalue weighted by atomic mass is 10.3. The summed E-state index contributed by atoms with van der Waals surface area (Å²) in [5, 5.41) is 8.42. The van der Waals surface area contributed by atoms with E-state index in [-0.39, 0.29) is 0 Å². The summed E-state index contributed by atoms with van der Waals surface area (Å²) in [5.41, 5.74) is 1.52. The highest BCUT2D eigenvalue weighted by Crippen LogP contribution is 2.16. The van der Waals surface area contributed by atoms with Crippen molar-refractivity contribution < 1.29 is 4.84 Å². The number of aromatic nitrogens is 3. The first kappa shape index (κ1) is 10.5. The molecule has 1 aromatic heterocycles. The molecule has 0 bridgehead atoms. The molecule has 0 N–H and O–H groups in total. The van der Waals surface area contributed by atoms with Crippen LogP contribution in [0.3, 0.4) is 0 Å². The first-order chi connectivity index (χ1) is 7.31. The van der Waals surface area contributed by atoms with Gasteiger partial charge in [-0.3, -0.25) is 0 Å². The molecule has 0 aliphatic carbocycles. The van der Waals surface area contributed by atoms with Crippen molar-refractivity contribution in [3.63, 3.8) is 0 Å². The van der Waals surface area contributed by atoms with Crippen LogP contribution in [-0.2, 0) is 0 Å². The summed E-state index contributed by atoms with van der Waals surface area (Å²) >= 11 is 11.4. The first-order valence-corrected chi connectivity index (χ1v) is 5.43. The Morgan fingerprint density at radius 2 is 2.27 bits per heavy atom. The predicted molar refractivity (Wildman–Crippen MR) is 59.3 cm³/mol. The Morgan fingerprint density at radius 3 is 3.07 bits per heavy atom. The van der Waals surface area contributed by atoms with E-state index in [1.54, 1.807) is 18.2 Å². The molecule has 0 aliphatic rings. The van der Waals surface area contributed by atoms with Crippen molar-refractivity contribution in [2.24, 2.45) is 0 Å². The molecule has 6 heteroatoms. The molecule has 4 nitrogen and oxygen atoms in total. The van der Waals surface area contributed by atoms with Crippen molar-refractivity contribution in [1.29, 1.82) is 0 Å². The lowest BCUT2D eigenvalue weighted by molar-refractivity contribution is 0.0883. The van der Waals surface area contributed by atoms with Crippen LogP contribution in [0.25, 0.3) is 11.0 Å². The molecule has 1 heterocycles. The summed E-state index contributed by atoms with van der Waals surface area (Å²) in [6, 6.07) is 5.32. The van der Waals surface area contributed by atoms with Gasteiger partial charge in [-0.15, -0.1) is 16.7 Å². The van der Waals surface area contributed by atoms with Crippen molar-refractivity contribution in [2.75, 3.05) is 12.5 Å². The Kier molecular flexibility index (Phi) is 3.28. The molecule has 2 rings (SSSR count). The Bertz CT molecular complexity index is 458. The highest BCUT2D eigenvalue weighted by atomic mass is 35.5. The zero-order valence-corrected chi connectivity index (χ0v) is 9.37. The number of alkyl halides is 1. The van der Waals surface area contributed by atoms with Gasteiger partial charge in [-0.05, 0) is 29.8 Å². The summed E-state index contributed by atoms with van der Waals surface area (Å²) in [5.74, 6) is 0.563. The molecule has 0 radical (unpaired) electrons. The smallest absolute Gasteiger partial charge is 0.132 e. The molecule has 0 fully saturated rings. The van der Waals surface area contributed by atoms with E-state index in [0.717, 1.165) is 17.5 Å². The van der Waals surface area contributed by atoms with Crippen LogP contribution in [-0.4, -0.2) is 27.6 Å². The van der Waals surface area contributed by atoms with Crippen LogP contribution < -0.4 is 4.84 Å². The summed E-state index contributed by atoms with van der Waals surface area (Å²) in [4.78, 5) is 6.72. The SMILES string of the molecule is ClCCCOn1nnc2ccc(Cl)cc21. The number of rotatable bonds is 4. The van der Waals surface area contributed by atoms with E-state index >= 15 is 0 Å². The van der Waals surface area contributed by atoms with Crippen LogP contribution in [0.4, 0.5) is 0 Å². The van der Waals surface area contributed by atoms with Gasteiger partial charge in [0.2, 0.25) is 0 Å². The molecule has 0 saturated heterocycles. The van der Waals surface area contributed by atoms with Gasteiger partial charge in [0.05, 0.1) is 0 Å². The highest BCUT2D eigenvalue weighted by molar-refractivity contribution is 6.31. The highest BCUT2D eigenvalue weighted by Gasteiger charge is 2.05. The van der Waals surface area contributed by atoms with Crippen molar-refractivity contribution in [3.8, 4) is 0 Å². The molecular formula is C9H9Cl2N3O. The fraction of sp³-hybridized carbons (Fsp3) is 0.333. The van der Waals surface area contributed by atoms with Crippen LogP contribution in [0, 0.1) is 0 Å². The number of hydrogen-bond acceptors (Lipinski definition) is 3.